The van der Waals surface area contributed by atoms with E-state index in [4.69, 9.17) is 4.74 Å². The fraction of sp³-hybridized carbons (Fsp3) is 0.267. The molecule has 0 spiro atoms. The number of benzene rings is 1. The van der Waals surface area contributed by atoms with Gasteiger partial charge < -0.3 is 14.8 Å². The Labute approximate surface area is 123 Å². The lowest BCUT2D eigenvalue weighted by atomic mass is 10.1. The number of nitrogens with zero attached hydrogens (tertiary/aromatic N) is 2. The zero-order valence-corrected chi connectivity index (χ0v) is 12.0. The fourth-order valence-corrected chi connectivity index (χ4v) is 1.87. The van der Waals surface area contributed by atoms with E-state index in [1.54, 1.807) is 13.3 Å². The van der Waals surface area contributed by atoms with Crippen LogP contribution in [0.2, 0.25) is 0 Å². The van der Waals surface area contributed by atoms with Crippen LogP contribution in [0.25, 0.3) is 0 Å². The Morgan fingerprint density at radius 3 is 2.67 bits per heavy atom. The summed E-state index contributed by atoms with van der Waals surface area (Å²) in [5, 5.41) is 3.14. The van der Waals surface area contributed by atoms with Crippen LogP contribution in [-0.4, -0.2) is 30.2 Å². The molecule has 0 saturated heterocycles. The second-order valence-electron chi connectivity index (χ2n) is 4.34. The van der Waals surface area contributed by atoms with Gasteiger partial charge in [0.05, 0.1) is 26.1 Å². The first kappa shape index (κ1) is 14.9. The standard InChI is InChI=1S/C15H17N3O3/c1-20-10-12-6-4-3-5-11(12)7-17-14-9-16-8-13(18-14)15(19)21-2/h3-6,8-9H,7,10H2,1-2H3,(H,17,18). The first-order valence-corrected chi connectivity index (χ1v) is 6.44. The van der Waals surface area contributed by atoms with Gasteiger partial charge in [-0.05, 0) is 11.1 Å². The molecule has 1 aromatic heterocycles. The molecule has 0 unspecified atom stereocenters. The van der Waals surface area contributed by atoms with Crippen LogP contribution >= 0.6 is 0 Å². The Morgan fingerprint density at radius 2 is 1.95 bits per heavy atom. The van der Waals surface area contributed by atoms with Gasteiger partial charge in [0.15, 0.2) is 5.69 Å². The van der Waals surface area contributed by atoms with Crippen LogP contribution in [0, 0.1) is 0 Å². The first-order valence-electron chi connectivity index (χ1n) is 6.44. The molecule has 1 aromatic carbocycles. The number of anilines is 1. The molecular formula is C15H17N3O3. The minimum absolute atomic E-state index is 0.174. The lowest BCUT2D eigenvalue weighted by molar-refractivity contribution is 0.0593. The van der Waals surface area contributed by atoms with E-state index in [9.17, 15) is 4.79 Å². The van der Waals surface area contributed by atoms with Crippen LogP contribution in [0.5, 0.6) is 0 Å². The third-order valence-electron chi connectivity index (χ3n) is 2.91. The first-order chi connectivity index (χ1) is 10.2. The number of ether oxygens (including phenoxy) is 2. The molecule has 0 saturated carbocycles. The maximum absolute atomic E-state index is 11.4. The van der Waals surface area contributed by atoms with Gasteiger partial charge in [0, 0.05) is 13.7 Å². The smallest absolute Gasteiger partial charge is 0.358 e. The number of rotatable bonds is 6. The van der Waals surface area contributed by atoms with Gasteiger partial charge in [0.25, 0.3) is 0 Å². The van der Waals surface area contributed by atoms with Crippen molar-refractivity contribution in [2.24, 2.45) is 0 Å². The zero-order valence-electron chi connectivity index (χ0n) is 12.0. The zero-order chi connectivity index (χ0) is 15.1. The second-order valence-corrected chi connectivity index (χ2v) is 4.34. The molecule has 110 valence electrons. The SMILES string of the molecule is COCc1ccccc1CNc1cncc(C(=O)OC)n1. The maximum atomic E-state index is 11.4. The molecular weight excluding hydrogens is 270 g/mol. The van der Waals surface area contributed by atoms with Crippen molar-refractivity contribution in [2.75, 3.05) is 19.5 Å². The van der Waals surface area contributed by atoms with Crippen LogP contribution in [-0.2, 0) is 22.6 Å². The lowest BCUT2D eigenvalue weighted by Gasteiger charge is -2.10. The molecule has 0 radical (unpaired) electrons. The van der Waals surface area contributed by atoms with Gasteiger partial charge in [-0.3, -0.25) is 4.98 Å². The predicted molar refractivity (Wildman–Crippen MR) is 77.9 cm³/mol. The minimum Gasteiger partial charge on any atom is -0.464 e. The van der Waals surface area contributed by atoms with Crippen molar-refractivity contribution in [1.29, 1.82) is 0 Å². The Morgan fingerprint density at radius 1 is 1.19 bits per heavy atom. The third kappa shape index (κ3) is 4.00. The summed E-state index contributed by atoms with van der Waals surface area (Å²) < 4.78 is 9.79. The molecule has 6 nitrogen and oxygen atoms in total. The number of aromatic nitrogens is 2. The summed E-state index contributed by atoms with van der Waals surface area (Å²) in [6.07, 6.45) is 2.93. The van der Waals surface area contributed by atoms with Crippen molar-refractivity contribution in [2.45, 2.75) is 13.2 Å². The topological polar surface area (TPSA) is 73.3 Å². The Balaban J connectivity index is 2.08. The largest absolute Gasteiger partial charge is 0.464 e. The van der Waals surface area contributed by atoms with E-state index in [1.807, 2.05) is 24.3 Å². The molecule has 0 bridgehead atoms. The Bertz CT molecular complexity index is 617. The van der Waals surface area contributed by atoms with Crippen LogP contribution in [0.4, 0.5) is 5.82 Å². The molecule has 6 heteroatoms. The summed E-state index contributed by atoms with van der Waals surface area (Å²) in [7, 11) is 2.97. The molecule has 1 N–H and O–H groups in total. The average molecular weight is 287 g/mol. The quantitative estimate of drug-likeness (QED) is 0.819. The summed E-state index contributed by atoms with van der Waals surface area (Å²) >= 11 is 0. The van der Waals surface area contributed by atoms with E-state index in [2.05, 4.69) is 20.0 Å². The molecule has 0 fully saturated rings. The van der Waals surface area contributed by atoms with Crippen molar-refractivity contribution in [3.05, 3.63) is 53.5 Å². The van der Waals surface area contributed by atoms with E-state index >= 15 is 0 Å². The summed E-state index contributed by atoms with van der Waals surface area (Å²) in [5.41, 5.74) is 2.38. The maximum Gasteiger partial charge on any atom is 0.358 e. The highest BCUT2D eigenvalue weighted by Crippen LogP contribution is 2.12. The fourth-order valence-electron chi connectivity index (χ4n) is 1.87. The Kier molecular flexibility index (Phi) is 5.22. The van der Waals surface area contributed by atoms with Crippen molar-refractivity contribution in [3.8, 4) is 0 Å². The van der Waals surface area contributed by atoms with E-state index in [0.29, 0.717) is 19.0 Å². The van der Waals surface area contributed by atoms with Crippen molar-refractivity contribution in [1.82, 2.24) is 9.97 Å². The second kappa shape index (κ2) is 7.35. The predicted octanol–water partition coefficient (Wildman–Crippen LogP) is 2.02. The summed E-state index contributed by atoms with van der Waals surface area (Å²) in [5.74, 6) is 0.0102. The van der Waals surface area contributed by atoms with Crippen LogP contribution in [0.3, 0.4) is 0 Å². The molecule has 0 aliphatic rings. The van der Waals surface area contributed by atoms with Crippen molar-refractivity contribution < 1.29 is 14.3 Å². The average Bonchev–Trinajstić information content (AvgIpc) is 2.54. The number of methoxy groups -OCH3 is 2. The van der Waals surface area contributed by atoms with Gasteiger partial charge in [-0.15, -0.1) is 0 Å². The number of carbonyl (C=O) groups is 1. The van der Waals surface area contributed by atoms with Crippen LogP contribution in [0.15, 0.2) is 36.7 Å². The van der Waals surface area contributed by atoms with Gasteiger partial charge in [0.2, 0.25) is 0 Å². The van der Waals surface area contributed by atoms with Crippen LogP contribution in [0.1, 0.15) is 21.6 Å². The molecule has 0 amide bonds. The molecule has 0 aliphatic heterocycles. The lowest BCUT2D eigenvalue weighted by Crippen LogP contribution is -2.09. The summed E-state index contributed by atoms with van der Waals surface area (Å²) in [4.78, 5) is 19.5. The van der Waals surface area contributed by atoms with Gasteiger partial charge in [-0.2, -0.15) is 0 Å². The number of hydrogen-bond donors (Lipinski definition) is 1. The molecule has 1 heterocycles. The molecule has 0 aliphatic carbocycles. The van der Waals surface area contributed by atoms with Gasteiger partial charge in [0.1, 0.15) is 5.82 Å². The number of nitrogens with one attached hydrogen (secondary N) is 1. The monoisotopic (exact) mass is 287 g/mol. The van der Waals surface area contributed by atoms with E-state index in [0.717, 1.165) is 11.1 Å². The number of carbonyl (C=O) groups excluding carboxylic acids is 1. The number of esters is 1. The van der Waals surface area contributed by atoms with Crippen LogP contribution < -0.4 is 5.32 Å². The van der Waals surface area contributed by atoms with E-state index in [1.165, 1.54) is 13.3 Å². The highest BCUT2D eigenvalue weighted by molar-refractivity contribution is 5.87. The number of hydrogen-bond acceptors (Lipinski definition) is 6. The van der Waals surface area contributed by atoms with Gasteiger partial charge in [-0.1, -0.05) is 24.3 Å². The normalized spacial score (nSPS) is 10.2. The third-order valence-corrected chi connectivity index (χ3v) is 2.91. The van der Waals surface area contributed by atoms with Crippen molar-refractivity contribution in [3.63, 3.8) is 0 Å². The van der Waals surface area contributed by atoms with Crippen molar-refractivity contribution >= 4 is 11.8 Å². The summed E-state index contributed by atoms with van der Waals surface area (Å²) in [6.45, 7) is 1.12. The highest BCUT2D eigenvalue weighted by Gasteiger charge is 2.08. The van der Waals surface area contributed by atoms with Gasteiger partial charge >= 0.3 is 5.97 Å². The molecule has 21 heavy (non-hydrogen) atoms. The van der Waals surface area contributed by atoms with Gasteiger partial charge in [-0.25, -0.2) is 9.78 Å². The minimum atomic E-state index is -0.508. The van der Waals surface area contributed by atoms with E-state index < -0.39 is 5.97 Å². The molecule has 2 rings (SSSR count). The molecule has 2 aromatic rings. The highest BCUT2D eigenvalue weighted by atomic mass is 16.5. The summed E-state index contributed by atoms with van der Waals surface area (Å²) in [6, 6.07) is 7.96. The van der Waals surface area contributed by atoms with E-state index in [-0.39, 0.29) is 5.69 Å². The molecule has 0 atom stereocenters. The Hall–Kier alpha value is -2.47.